The fraction of sp³-hybridized carbons (Fsp3) is 0.267. The molecule has 0 unspecified atom stereocenters. The number of nitrogens with one attached hydrogen (secondary N) is 1. The van der Waals surface area contributed by atoms with Crippen LogP contribution < -0.4 is 11.1 Å². The number of amides is 1. The van der Waals surface area contributed by atoms with Crippen LogP contribution in [0.2, 0.25) is 0 Å². The van der Waals surface area contributed by atoms with Crippen LogP contribution in [-0.4, -0.2) is 24.4 Å². The Hall–Kier alpha value is -1.85. The number of benzene rings is 1. The van der Waals surface area contributed by atoms with Crippen LogP contribution in [0.5, 0.6) is 0 Å². The van der Waals surface area contributed by atoms with Gasteiger partial charge in [0, 0.05) is 17.9 Å². The van der Waals surface area contributed by atoms with Gasteiger partial charge in [-0.15, -0.1) is 0 Å². The van der Waals surface area contributed by atoms with Crippen molar-refractivity contribution in [1.29, 1.82) is 0 Å². The highest BCUT2D eigenvalue weighted by molar-refractivity contribution is 7.07. The lowest BCUT2D eigenvalue weighted by molar-refractivity contribution is -0.117. The number of carbonyl (C=O) groups excluding carboxylic acids is 1. The lowest BCUT2D eigenvalue weighted by Gasteiger charge is -2.16. The van der Waals surface area contributed by atoms with E-state index >= 15 is 0 Å². The van der Waals surface area contributed by atoms with Gasteiger partial charge < -0.3 is 11.1 Å². The second-order valence-electron chi connectivity index (χ2n) is 4.87. The van der Waals surface area contributed by atoms with Crippen LogP contribution in [0.3, 0.4) is 0 Å². The SMILES string of the molecule is Cc1c(N)cccc1NC(=O)CN(C)Cc1ccsc1. The zero-order valence-corrected chi connectivity index (χ0v) is 12.5. The lowest BCUT2D eigenvalue weighted by atomic mass is 10.1. The van der Waals surface area contributed by atoms with Gasteiger partial charge in [-0.2, -0.15) is 11.3 Å². The molecule has 1 amide bonds. The summed E-state index contributed by atoms with van der Waals surface area (Å²) in [6.07, 6.45) is 0. The molecule has 2 aromatic rings. The van der Waals surface area contributed by atoms with Gasteiger partial charge in [-0.05, 0) is 54.1 Å². The normalized spacial score (nSPS) is 10.8. The summed E-state index contributed by atoms with van der Waals surface area (Å²) in [4.78, 5) is 14.0. The van der Waals surface area contributed by atoms with Gasteiger partial charge in [-0.25, -0.2) is 0 Å². The lowest BCUT2D eigenvalue weighted by Crippen LogP contribution is -2.29. The van der Waals surface area contributed by atoms with Gasteiger partial charge in [0.15, 0.2) is 0 Å². The number of carbonyl (C=O) groups is 1. The van der Waals surface area contributed by atoms with Crippen molar-refractivity contribution in [1.82, 2.24) is 4.90 Å². The van der Waals surface area contributed by atoms with Gasteiger partial charge in [0.2, 0.25) is 5.91 Å². The highest BCUT2D eigenvalue weighted by atomic mass is 32.1. The van der Waals surface area contributed by atoms with Crippen LogP contribution in [0.1, 0.15) is 11.1 Å². The molecule has 4 nitrogen and oxygen atoms in total. The number of nitrogens with two attached hydrogens (primary N) is 1. The van der Waals surface area contributed by atoms with E-state index < -0.39 is 0 Å². The molecule has 20 heavy (non-hydrogen) atoms. The Labute approximate surface area is 123 Å². The van der Waals surface area contributed by atoms with Crippen molar-refractivity contribution in [2.45, 2.75) is 13.5 Å². The Balaban J connectivity index is 1.90. The molecule has 0 atom stereocenters. The summed E-state index contributed by atoms with van der Waals surface area (Å²) in [5, 5.41) is 7.04. The molecule has 0 saturated carbocycles. The number of likely N-dealkylation sites (N-methyl/N-ethyl adjacent to an activating group) is 1. The first-order valence-corrected chi connectivity index (χ1v) is 7.35. The van der Waals surface area contributed by atoms with E-state index in [0.29, 0.717) is 12.2 Å². The molecular weight excluding hydrogens is 270 g/mol. The predicted octanol–water partition coefficient (Wildman–Crippen LogP) is 2.71. The Kier molecular flexibility index (Phi) is 4.76. The van der Waals surface area contributed by atoms with Crippen molar-refractivity contribution >= 4 is 28.6 Å². The van der Waals surface area contributed by atoms with Crippen LogP contribution in [0.4, 0.5) is 11.4 Å². The van der Waals surface area contributed by atoms with Crippen molar-refractivity contribution < 1.29 is 4.79 Å². The second kappa shape index (κ2) is 6.54. The summed E-state index contributed by atoms with van der Waals surface area (Å²) in [7, 11) is 1.93. The van der Waals surface area contributed by atoms with E-state index in [9.17, 15) is 4.79 Å². The number of anilines is 2. The van der Waals surface area contributed by atoms with Crippen molar-refractivity contribution in [3.8, 4) is 0 Å². The van der Waals surface area contributed by atoms with Crippen LogP contribution in [-0.2, 0) is 11.3 Å². The average Bonchev–Trinajstić information content (AvgIpc) is 2.87. The smallest absolute Gasteiger partial charge is 0.238 e. The van der Waals surface area contributed by atoms with E-state index in [4.69, 9.17) is 5.73 Å². The molecule has 5 heteroatoms. The van der Waals surface area contributed by atoms with Crippen molar-refractivity contribution in [3.05, 3.63) is 46.2 Å². The topological polar surface area (TPSA) is 58.4 Å². The van der Waals surface area contributed by atoms with E-state index in [1.165, 1.54) is 5.56 Å². The molecule has 0 aliphatic heterocycles. The predicted molar refractivity (Wildman–Crippen MR) is 84.9 cm³/mol. The molecule has 1 aromatic carbocycles. The van der Waals surface area contributed by atoms with Crippen molar-refractivity contribution in [2.24, 2.45) is 0 Å². The van der Waals surface area contributed by atoms with Gasteiger partial charge in [0.1, 0.15) is 0 Å². The summed E-state index contributed by atoms with van der Waals surface area (Å²) in [5.74, 6) is -0.0311. The highest BCUT2D eigenvalue weighted by Crippen LogP contribution is 2.20. The third-order valence-electron chi connectivity index (χ3n) is 3.10. The maximum absolute atomic E-state index is 12.0. The molecule has 0 fully saturated rings. The minimum atomic E-state index is -0.0311. The minimum absolute atomic E-state index is 0.0311. The number of hydrogen-bond donors (Lipinski definition) is 2. The van der Waals surface area contributed by atoms with Gasteiger partial charge in [-0.3, -0.25) is 9.69 Å². The fourth-order valence-corrected chi connectivity index (χ4v) is 2.63. The Morgan fingerprint density at radius 3 is 2.90 bits per heavy atom. The molecule has 2 rings (SSSR count). The molecule has 106 valence electrons. The van der Waals surface area contributed by atoms with Crippen molar-refractivity contribution in [3.63, 3.8) is 0 Å². The number of nitrogen functional groups attached to an aromatic ring is 1. The summed E-state index contributed by atoms with van der Waals surface area (Å²) >= 11 is 1.67. The number of rotatable bonds is 5. The number of nitrogens with zero attached hydrogens (tertiary/aromatic N) is 1. The van der Waals surface area contributed by atoms with Crippen LogP contribution >= 0.6 is 11.3 Å². The first kappa shape index (κ1) is 14.6. The first-order chi connectivity index (χ1) is 9.56. The van der Waals surface area contributed by atoms with Gasteiger partial charge >= 0.3 is 0 Å². The monoisotopic (exact) mass is 289 g/mol. The Bertz CT molecular complexity index is 581. The maximum atomic E-state index is 12.0. The zero-order valence-electron chi connectivity index (χ0n) is 11.7. The van der Waals surface area contributed by atoms with E-state index in [2.05, 4.69) is 16.8 Å². The van der Waals surface area contributed by atoms with Gasteiger partial charge in [0.25, 0.3) is 0 Å². The third-order valence-corrected chi connectivity index (χ3v) is 3.83. The minimum Gasteiger partial charge on any atom is -0.398 e. The average molecular weight is 289 g/mol. The Morgan fingerprint density at radius 2 is 2.20 bits per heavy atom. The first-order valence-electron chi connectivity index (χ1n) is 6.41. The third kappa shape index (κ3) is 3.82. The zero-order chi connectivity index (χ0) is 14.5. The van der Waals surface area contributed by atoms with E-state index in [1.54, 1.807) is 11.3 Å². The molecular formula is C15H19N3OS. The number of hydrogen-bond acceptors (Lipinski definition) is 4. The van der Waals surface area contributed by atoms with E-state index in [1.807, 2.05) is 42.5 Å². The molecule has 0 aliphatic carbocycles. The van der Waals surface area contributed by atoms with Crippen LogP contribution in [0.15, 0.2) is 35.0 Å². The van der Waals surface area contributed by atoms with Crippen LogP contribution in [0, 0.1) is 6.92 Å². The molecule has 1 aromatic heterocycles. The molecule has 0 bridgehead atoms. The summed E-state index contributed by atoms with van der Waals surface area (Å²) < 4.78 is 0. The summed E-state index contributed by atoms with van der Waals surface area (Å²) in [6.45, 7) is 3.02. The van der Waals surface area contributed by atoms with Gasteiger partial charge in [-0.1, -0.05) is 6.07 Å². The molecule has 0 radical (unpaired) electrons. The van der Waals surface area contributed by atoms with Crippen molar-refractivity contribution in [2.75, 3.05) is 24.6 Å². The maximum Gasteiger partial charge on any atom is 0.238 e. The second-order valence-corrected chi connectivity index (χ2v) is 5.65. The molecule has 3 N–H and O–H groups in total. The molecule has 0 aliphatic rings. The summed E-state index contributed by atoms with van der Waals surface area (Å²) in [5.41, 5.74) is 9.42. The Morgan fingerprint density at radius 1 is 1.40 bits per heavy atom. The standard InChI is InChI=1S/C15H19N3OS/c1-11-13(16)4-3-5-14(11)17-15(19)9-18(2)8-12-6-7-20-10-12/h3-7,10H,8-9,16H2,1-2H3,(H,17,19). The van der Waals surface area contributed by atoms with E-state index in [0.717, 1.165) is 17.8 Å². The van der Waals surface area contributed by atoms with Gasteiger partial charge in [0.05, 0.1) is 6.54 Å². The molecule has 0 saturated heterocycles. The number of thiophene rings is 1. The van der Waals surface area contributed by atoms with E-state index in [-0.39, 0.29) is 5.91 Å². The quantitative estimate of drug-likeness (QED) is 0.832. The van der Waals surface area contributed by atoms with Crippen LogP contribution in [0.25, 0.3) is 0 Å². The largest absolute Gasteiger partial charge is 0.398 e. The summed E-state index contributed by atoms with van der Waals surface area (Å²) in [6, 6.07) is 7.60. The highest BCUT2D eigenvalue weighted by Gasteiger charge is 2.09. The molecule has 1 heterocycles. The molecule has 0 spiro atoms. The fourth-order valence-electron chi connectivity index (χ4n) is 1.97.